The molecule has 0 fully saturated rings. The Kier molecular flexibility index (Phi) is 5.21. The molecule has 26 heavy (non-hydrogen) atoms. The Morgan fingerprint density at radius 3 is 2.58 bits per heavy atom. The summed E-state index contributed by atoms with van der Waals surface area (Å²) in [5.41, 5.74) is 3.98. The normalized spacial score (nSPS) is 11.9. The van der Waals surface area contributed by atoms with Crippen molar-refractivity contribution in [2.75, 3.05) is 0 Å². The first-order valence-corrected chi connectivity index (χ1v) is 10.5. The molecule has 0 bridgehead atoms. The highest BCUT2D eigenvalue weighted by Crippen LogP contribution is 2.30. The molecular formula is C24H25NS. The minimum atomic E-state index is 1.11. The highest BCUT2D eigenvalue weighted by Gasteiger charge is 2.10. The fourth-order valence-electron chi connectivity index (χ4n) is 3.68. The molecule has 0 aliphatic heterocycles. The van der Waals surface area contributed by atoms with E-state index in [0.29, 0.717) is 0 Å². The van der Waals surface area contributed by atoms with E-state index in [-0.39, 0.29) is 0 Å². The van der Waals surface area contributed by atoms with Gasteiger partial charge < -0.3 is 4.57 Å². The minimum Gasteiger partial charge on any atom is -0.340 e. The van der Waals surface area contributed by atoms with Crippen LogP contribution in [-0.2, 0) is 6.54 Å². The van der Waals surface area contributed by atoms with Crippen molar-refractivity contribution >= 4 is 45.3 Å². The number of aromatic nitrogens is 1. The monoisotopic (exact) mass is 359 g/mol. The summed E-state index contributed by atoms with van der Waals surface area (Å²) >= 11 is 1.77. The summed E-state index contributed by atoms with van der Waals surface area (Å²) in [5.74, 6) is 0. The largest absolute Gasteiger partial charge is 0.340 e. The second-order valence-corrected chi connectivity index (χ2v) is 7.83. The molecule has 1 nitrogen and oxygen atoms in total. The molecule has 0 spiro atoms. The molecule has 2 heterocycles. The molecule has 4 aromatic rings. The van der Waals surface area contributed by atoms with Crippen LogP contribution in [0.2, 0.25) is 0 Å². The summed E-state index contributed by atoms with van der Waals surface area (Å²) in [5, 5.41) is 4.85. The van der Waals surface area contributed by atoms with Crippen LogP contribution >= 0.6 is 11.3 Å². The molecular weight excluding hydrogens is 334 g/mol. The van der Waals surface area contributed by atoms with Crippen LogP contribution in [0, 0.1) is 0 Å². The smallest absolute Gasteiger partial charge is 0.0491 e. The molecule has 4 rings (SSSR count). The van der Waals surface area contributed by atoms with Gasteiger partial charge in [-0.1, -0.05) is 62.6 Å². The zero-order chi connectivity index (χ0) is 17.8. The second-order valence-electron chi connectivity index (χ2n) is 6.85. The van der Waals surface area contributed by atoms with Gasteiger partial charge in [0.2, 0.25) is 0 Å². The van der Waals surface area contributed by atoms with E-state index in [1.807, 2.05) is 0 Å². The predicted octanol–water partition coefficient (Wildman–Crippen LogP) is 7.61. The number of benzene rings is 2. The van der Waals surface area contributed by atoms with E-state index in [1.165, 1.54) is 57.9 Å². The SMILES string of the molecule is CCCCCCn1c2ccccc2c2cc(/C=C/c3cccs3)ccc21. The average molecular weight is 360 g/mol. The zero-order valence-electron chi connectivity index (χ0n) is 15.3. The third kappa shape index (κ3) is 3.47. The number of hydrogen-bond acceptors (Lipinski definition) is 1. The number of nitrogens with zero attached hydrogens (tertiary/aromatic N) is 1. The molecule has 132 valence electrons. The van der Waals surface area contributed by atoms with Gasteiger partial charge >= 0.3 is 0 Å². The lowest BCUT2D eigenvalue weighted by atomic mass is 10.1. The van der Waals surface area contributed by atoms with E-state index in [1.54, 1.807) is 11.3 Å². The van der Waals surface area contributed by atoms with Crippen LogP contribution < -0.4 is 0 Å². The number of hydrogen-bond donors (Lipinski definition) is 0. The molecule has 0 unspecified atom stereocenters. The van der Waals surface area contributed by atoms with Crippen molar-refractivity contribution in [3.05, 3.63) is 70.4 Å². The van der Waals surface area contributed by atoms with E-state index in [2.05, 4.69) is 83.6 Å². The lowest BCUT2D eigenvalue weighted by molar-refractivity contribution is 0.602. The first kappa shape index (κ1) is 17.1. The summed E-state index contributed by atoms with van der Waals surface area (Å²) in [6, 6.07) is 19.9. The van der Waals surface area contributed by atoms with Gasteiger partial charge in [0.15, 0.2) is 0 Å². The van der Waals surface area contributed by atoms with Crippen LogP contribution in [0.1, 0.15) is 43.0 Å². The van der Waals surface area contributed by atoms with Crippen LogP contribution in [-0.4, -0.2) is 4.57 Å². The average Bonchev–Trinajstić information content (AvgIpc) is 3.30. The van der Waals surface area contributed by atoms with Crippen molar-refractivity contribution in [3.8, 4) is 0 Å². The highest BCUT2D eigenvalue weighted by molar-refractivity contribution is 7.10. The Morgan fingerprint density at radius 2 is 1.73 bits per heavy atom. The molecule has 0 radical (unpaired) electrons. The van der Waals surface area contributed by atoms with E-state index < -0.39 is 0 Å². The van der Waals surface area contributed by atoms with Crippen molar-refractivity contribution in [2.45, 2.75) is 39.2 Å². The Labute approximate surface area is 159 Å². The van der Waals surface area contributed by atoms with Crippen LogP contribution in [0.25, 0.3) is 34.0 Å². The Bertz CT molecular complexity index is 1020. The number of fused-ring (bicyclic) bond motifs is 3. The van der Waals surface area contributed by atoms with Gasteiger partial charge in [-0.2, -0.15) is 0 Å². The van der Waals surface area contributed by atoms with Crippen LogP contribution in [0.5, 0.6) is 0 Å². The highest BCUT2D eigenvalue weighted by atomic mass is 32.1. The Hall–Kier alpha value is -2.32. The van der Waals surface area contributed by atoms with E-state index in [4.69, 9.17) is 0 Å². The number of rotatable bonds is 7. The maximum absolute atomic E-state index is 2.51. The van der Waals surface area contributed by atoms with Crippen LogP contribution in [0.15, 0.2) is 60.0 Å². The van der Waals surface area contributed by atoms with Crippen LogP contribution in [0.3, 0.4) is 0 Å². The van der Waals surface area contributed by atoms with Crippen molar-refractivity contribution in [1.82, 2.24) is 4.57 Å². The second kappa shape index (κ2) is 7.92. The Morgan fingerprint density at radius 1 is 0.846 bits per heavy atom. The molecule has 0 saturated heterocycles. The fraction of sp³-hybridized carbons (Fsp3) is 0.250. The zero-order valence-corrected chi connectivity index (χ0v) is 16.1. The number of unbranched alkanes of at least 4 members (excludes halogenated alkanes) is 3. The van der Waals surface area contributed by atoms with Gasteiger partial charge in [-0.15, -0.1) is 11.3 Å². The molecule has 2 heteroatoms. The predicted molar refractivity (Wildman–Crippen MR) is 117 cm³/mol. The molecule has 0 aliphatic carbocycles. The molecule has 2 aromatic heterocycles. The van der Waals surface area contributed by atoms with Gasteiger partial charge in [0.25, 0.3) is 0 Å². The van der Waals surface area contributed by atoms with Crippen molar-refractivity contribution in [3.63, 3.8) is 0 Å². The van der Waals surface area contributed by atoms with Gasteiger partial charge in [-0.05, 0) is 47.7 Å². The fourth-order valence-corrected chi connectivity index (χ4v) is 4.30. The van der Waals surface area contributed by atoms with Crippen molar-refractivity contribution < 1.29 is 0 Å². The molecule has 0 N–H and O–H groups in total. The van der Waals surface area contributed by atoms with E-state index >= 15 is 0 Å². The van der Waals surface area contributed by atoms with Gasteiger partial charge in [0.05, 0.1) is 0 Å². The third-order valence-electron chi connectivity index (χ3n) is 5.01. The van der Waals surface area contributed by atoms with E-state index in [0.717, 1.165) is 6.54 Å². The third-order valence-corrected chi connectivity index (χ3v) is 5.85. The number of thiophene rings is 1. The maximum Gasteiger partial charge on any atom is 0.0491 e. The van der Waals surface area contributed by atoms with Crippen molar-refractivity contribution in [1.29, 1.82) is 0 Å². The maximum atomic E-state index is 2.51. The number of aryl methyl sites for hydroxylation is 1. The molecule has 0 atom stereocenters. The molecule has 0 saturated carbocycles. The van der Waals surface area contributed by atoms with Gasteiger partial charge in [-0.3, -0.25) is 0 Å². The first-order chi connectivity index (χ1) is 12.9. The Balaban J connectivity index is 1.72. The first-order valence-electron chi connectivity index (χ1n) is 9.59. The molecule has 0 aliphatic rings. The lowest BCUT2D eigenvalue weighted by Crippen LogP contribution is -1.97. The summed E-state index contributed by atoms with van der Waals surface area (Å²) in [6.45, 7) is 3.38. The van der Waals surface area contributed by atoms with Crippen LogP contribution in [0.4, 0.5) is 0 Å². The lowest BCUT2D eigenvalue weighted by Gasteiger charge is -2.07. The van der Waals surface area contributed by atoms with Gasteiger partial charge in [0.1, 0.15) is 0 Å². The van der Waals surface area contributed by atoms with Gasteiger partial charge in [0, 0.05) is 33.2 Å². The van der Waals surface area contributed by atoms with E-state index in [9.17, 15) is 0 Å². The number of para-hydroxylation sites is 1. The molecule has 2 aromatic carbocycles. The summed E-state index contributed by atoms with van der Waals surface area (Å²) in [4.78, 5) is 1.29. The quantitative estimate of drug-likeness (QED) is 0.299. The summed E-state index contributed by atoms with van der Waals surface area (Å²) in [6.07, 6.45) is 9.60. The summed E-state index contributed by atoms with van der Waals surface area (Å²) in [7, 11) is 0. The van der Waals surface area contributed by atoms with Gasteiger partial charge in [-0.25, -0.2) is 0 Å². The van der Waals surface area contributed by atoms with Crippen molar-refractivity contribution in [2.24, 2.45) is 0 Å². The summed E-state index contributed by atoms with van der Waals surface area (Å²) < 4.78 is 2.51. The standard InChI is InChI=1S/C24H25NS/c1-2-3-4-7-16-25-23-11-6-5-10-21(23)22-18-19(13-15-24(22)25)12-14-20-9-8-17-26-20/h5-6,8-15,17-18H,2-4,7,16H2,1H3/b14-12+. The topological polar surface area (TPSA) is 4.93 Å². The molecule has 0 amide bonds. The minimum absolute atomic E-state index is 1.11.